The maximum absolute atomic E-state index is 12.0. The Morgan fingerprint density at radius 2 is 2.05 bits per heavy atom. The number of nitrogens with two attached hydrogens (primary N) is 1. The first-order valence-corrected chi connectivity index (χ1v) is 6.95. The van der Waals surface area contributed by atoms with Crippen molar-refractivity contribution in [3.05, 3.63) is 31.8 Å². The first-order valence-electron chi connectivity index (χ1n) is 5.08. The normalized spacial score (nSPS) is 11.7. The first kappa shape index (κ1) is 15.9. The SMILES string of the molecule is NC(=O)C[C@@H](NC(=O)c1cc(I)ccc1Br)C(=O)O. The fourth-order valence-electron chi connectivity index (χ4n) is 1.31. The Labute approximate surface area is 131 Å². The fourth-order valence-corrected chi connectivity index (χ4v) is 2.23. The second-order valence-electron chi connectivity index (χ2n) is 3.66. The van der Waals surface area contributed by atoms with Crippen molar-refractivity contribution in [1.82, 2.24) is 5.32 Å². The zero-order chi connectivity index (χ0) is 14.6. The Morgan fingerprint density at radius 1 is 1.42 bits per heavy atom. The highest BCUT2D eigenvalue weighted by atomic mass is 127. The molecule has 0 spiro atoms. The topological polar surface area (TPSA) is 109 Å². The van der Waals surface area contributed by atoms with Crippen molar-refractivity contribution in [3.63, 3.8) is 0 Å². The maximum Gasteiger partial charge on any atom is 0.326 e. The molecular formula is C11H10BrIN2O4. The molecule has 0 radical (unpaired) electrons. The first-order chi connectivity index (χ1) is 8.81. The smallest absolute Gasteiger partial charge is 0.326 e. The molecule has 0 aromatic heterocycles. The summed E-state index contributed by atoms with van der Waals surface area (Å²) in [6.07, 6.45) is -0.456. The van der Waals surface area contributed by atoms with E-state index < -0.39 is 30.2 Å². The second kappa shape index (κ2) is 6.85. The molecule has 0 saturated heterocycles. The van der Waals surface area contributed by atoms with Gasteiger partial charge in [0.1, 0.15) is 6.04 Å². The molecule has 6 nitrogen and oxygen atoms in total. The summed E-state index contributed by atoms with van der Waals surface area (Å²) in [4.78, 5) is 33.6. The summed E-state index contributed by atoms with van der Waals surface area (Å²) in [5.74, 6) is -2.69. The zero-order valence-electron chi connectivity index (χ0n) is 9.52. The van der Waals surface area contributed by atoms with Gasteiger partial charge in [-0.2, -0.15) is 0 Å². The van der Waals surface area contributed by atoms with Crippen LogP contribution in [0.1, 0.15) is 16.8 Å². The number of rotatable bonds is 5. The Hall–Kier alpha value is -1.16. The number of aliphatic carboxylic acids is 1. The lowest BCUT2D eigenvalue weighted by Crippen LogP contribution is -2.43. The molecule has 8 heteroatoms. The van der Waals surface area contributed by atoms with Crippen LogP contribution in [0.2, 0.25) is 0 Å². The number of carboxylic acids is 1. The van der Waals surface area contributed by atoms with Crippen LogP contribution in [0.3, 0.4) is 0 Å². The van der Waals surface area contributed by atoms with Crippen molar-refractivity contribution in [2.75, 3.05) is 0 Å². The van der Waals surface area contributed by atoms with E-state index >= 15 is 0 Å². The summed E-state index contributed by atoms with van der Waals surface area (Å²) in [5.41, 5.74) is 5.23. The van der Waals surface area contributed by atoms with Crippen LogP contribution in [0.4, 0.5) is 0 Å². The molecule has 1 rings (SSSR count). The second-order valence-corrected chi connectivity index (χ2v) is 5.76. The standard InChI is InChI=1S/C11H10BrIN2O4/c12-7-2-1-5(13)3-6(7)10(17)15-8(11(18)19)4-9(14)16/h1-3,8H,4H2,(H2,14,16)(H,15,17)(H,18,19)/t8-/m1/s1. The fraction of sp³-hybridized carbons (Fsp3) is 0.182. The molecule has 0 aliphatic rings. The number of hydrogen-bond donors (Lipinski definition) is 3. The van der Waals surface area contributed by atoms with E-state index in [1.165, 1.54) is 0 Å². The molecule has 0 fully saturated rings. The molecule has 4 N–H and O–H groups in total. The summed E-state index contributed by atoms with van der Waals surface area (Å²) in [6.45, 7) is 0. The third-order valence-corrected chi connectivity index (χ3v) is 3.54. The lowest BCUT2D eigenvalue weighted by atomic mass is 10.1. The lowest BCUT2D eigenvalue weighted by Gasteiger charge is -2.13. The van der Waals surface area contributed by atoms with Crippen molar-refractivity contribution in [2.45, 2.75) is 12.5 Å². The maximum atomic E-state index is 12.0. The van der Waals surface area contributed by atoms with Crippen molar-refractivity contribution < 1.29 is 19.5 Å². The molecule has 1 atom stereocenters. The van der Waals surface area contributed by atoms with Crippen molar-refractivity contribution in [3.8, 4) is 0 Å². The number of primary amides is 1. The van der Waals surface area contributed by atoms with Gasteiger partial charge in [0.25, 0.3) is 5.91 Å². The molecule has 0 bridgehead atoms. The van der Waals surface area contributed by atoms with Gasteiger partial charge in [0, 0.05) is 8.04 Å². The highest BCUT2D eigenvalue weighted by Gasteiger charge is 2.23. The minimum atomic E-state index is -1.34. The lowest BCUT2D eigenvalue weighted by molar-refractivity contribution is -0.140. The van der Waals surface area contributed by atoms with Gasteiger partial charge < -0.3 is 16.2 Å². The van der Waals surface area contributed by atoms with Crippen molar-refractivity contribution in [2.24, 2.45) is 5.73 Å². The van der Waals surface area contributed by atoms with E-state index in [1.807, 2.05) is 22.6 Å². The van der Waals surface area contributed by atoms with Crippen LogP contribution in [-0.2, 0) is 9.59 Å². The number of hydrogen-bond acceptors (Lipinski definition) is 3. The molecule has 19 heavy (non-hydrogen) atoms. The van der Waals surface area contributed by atoms with E-state index in [9.17, 15) is 14.4 Å². The molecule has 1 aromatic carbocycles. The average Bonchev–Trinajstić information content (AvgIpc) is 2.30. The van der Waals surface area contributed by atoms with Crippen molar-refractivity contribution >= 4 is 56.3 Å². The van der Waals surface area contributed by atoms with E-state index in [0.29, 0.717) is 10.0 Å². The number of halogens is 2. The van der Waals surface area contributed by atoms with Gasteiger partial charge in [-0.3, -0.25) is 9.59 Å². The third-order valence-electron chi connectivity index (χ3n) is 2.18. The Kier molecular flexibility index (Phi) is 5.73. The predicted octanol–water partition coefficient (Wildman–Crippen LogP) is 1.11. The van der Waals surface area contributed by atoms with E-state index in [1.54, 1.807) is 18.2 Å². The van der Waals surface area contributed by atoms with Gasteiger partial charge in [-0.15, -0.1) is 0 Å². The molecule has 0 aliphatic heterocycles. The molecule has 0 aliphatic carbocycles. The van der Waals surface area contributed by atoms with Crippen LogP contribution >= 0.6 is 38.5 Å². The van der Waals surface area contributed by atoms with E-state index in [-0.39, 0.29) is 0 Å². The molecule has 0 heterocycles. The van der Waals surface area contributed by atoms with Crippen LogP contribution in [0.5, 0.6) is 0 Å². The molecule has 1 aromatic rings. The largest absolute Gasteiger partial charge is 0.480 e. The van der Waals surface area contributed by atoms with Gasteiger partial charge >= 0.3 is 5.97 Å². The summed E-state index contributed by atoms with van der Waals surface area (Å²) in [6, 6.07) is 3.73. The van der Waals surface area contributed by atoms with E-state index in [2.05, 4.69) is 21.2 Å². The molecular weight excluding hydrogens is 431 g/mol. The number of carbonyl (C=O) groups is 3. The van der Waals surface area contributed by atoms with Gasteiger partial charge in [-0.25, -0.2) is 4.79 Å². The van der Waals surface area contributed by atoms with Gasteiger partial charge in [0.15, 0.2) is 0 Å². The van der Waals surface area contributed by atoms with Gasteiger partial charge in [0.05, 0.1) is 12.0 Å². The minimum Gasteiger partial charge on any atom is -0.480 e. The number of carbonyl (C=O) groups excluding carboxylic acids is 2. The number of benzene rings is 1. The molecule has 102 valence electrons. The predicted molar refractivity (Wildman–Crippen MR) is 79.6 cm³/mol. The molecule has 0 saturated carbocycles. The van der Waals surface area contributed by atoms with Gasteiger partial charge in [-0.05, 0) is 56.7 Å². The number of nitrogens with one attached hydrogen (secondary N) is 1. The molecule has 0 unspecified atom stereocenters. The Balaban J connectivity index is 2.90. The van der Waals surface area contributed by atoms with E-state index in [4.69, 9.17) is 10.8 Å². The van der Waals surface area contributed by atoms with Crippen LogP contribution in [0.25, 0.3) is 0 Å². The quantitative estimate of drug-likeness (QED) is 0.596. The summed E-state index contributed by atoms with van der Waals surface area (Å²) >= 11 is 5.24. The van der Waals surface area contributed by atoms with Crippen LogP contribution in [0, 0.1) is 3.57 Å². The Bertz CT molecular complexity index is 535. The minimum absolute atomic E-state index is 0.294. The van der Waals surface area contributed by atoms with Gasteiger partial charge in [0.2, 0.25) is 5.91 Å². The highest BCUT2D eigenvalue weighted by molar-refractivity contribution is 14.1. The van der Waals surface area contributed by atoms with Crippen molar-refractivity contribution in [1.29, 1.82) is 0 Å². The summed E-state index contributed by atoms with van der Waals surface area (Å²) in [5, 5.41) is 11.2. The van der Waals surface area contributed by atoms with Crippen LogP contribution < -0.4 is 11.1 Å². The van der Waals surface area contributed by atoms with E-state index in [0.717, 1.165) is 3.57 Å². The van der Waals surface area contributed by atoms with Crippen LogP contribution in [0.15, 0.2) is 22.7 Å². The summed E-state index contributed by atoms with van der Waals surface area (Å²) in [7, 11) is 0. The number of amides is 2. The highest BCUT2D eigenvalue weighted by Crippen LogP contribution is 2.19. The Morgan fingerprint density at radius 3 is 2.58 bits per heavy atom. The average molecular weight is 441 g/mol. The van der Waals surface area contributed by atoms with Crippen LogP contribution in [-0.4, -0.2) is 28.9 Å². The number of carboxylic acid groups (broad SMARTS) is 1. The zero-order valence-corrected chi connectivity index (χ0v) is 13.3. The van der Waals surface area contributed by atoms with Gasteiger partial charge in [-0.1, -0.05) is 0 Å². The summed E-state index contributed by atoms with van der Waals surface area (Å²) < 4.78 is 1.36. The third kappa shape index (κ3) is 4.78. The monoisotopic (exact) mass is 440 g/mol. The molecule has 2 amide bonds.